The molecule has 2 heteroatoms. The van der Waals surface area contributed by atoms with Crippen molar-refractivity contribution in [2.24, 2.45) is 0 Å². The molecule has 0 unspecified atom stereocenters. The Bertz CT molecular complexity index is 204. The van der Waals surface area contributed by atoms with E-state index in [0.717, 1.165) is 38.9 Å². The Hall–Kier alpha value is -0.0800. The first-order chi connectivity index (χ1) is 10.3. The zero-order valence-corrected chi connectivity index (χ0v) is 14.6. The summed E-state index contributed by atoms with van der Waals surface area (Å²) in [4.78, 5) is 0. The van der Waals surface area contributed by atoms with E-state index in [9.17, 15) is 0 Å². The minimum Gasteiger partial charge on any atom is -0.350 e. The average molecular weight is 299 g/mol. The lowest BCUT2D eigenvalue weighted by Gasteiger charge is -2.32. The van der Waals surface area contributed by atoms with E-state index < -0.39 is 0 Å². The average Bonchev–Trinajstić information content (AvgIpc) is 2.73. The molecule has 0 aromatic carbocycles. The summed E-state index contributed by atoms with van der Waals surface area (Å²) in [5.41, 5.74) is 0. The molecular weight excluding hydrogens is 260 g/mol. The first kappa shape index (κ1) is 19.0. The van der Waals surface area contributed by atoms with Gasteiger partial charge >= 0.3 is 0 Å². The van der Waals surface area contributed by atoms with Gasteiger partial charge in [-0.05, 0) is 25.7 Å². The summed E-state index contributed by atoms with van der Waals surface area (Å²) in [5, 5.41) is 0. The molecule has 1 heterocycles. The fourth-order valence-corrected chi connectivity index (χ4v) is 3.17. The third-order valence-electron chi connectivity index (χ3n) is 4.59. The summed E-state index contributed by atoms with van der Waals surface area (Å²) in [6.07, 6.45) is 17.8. The molecule has 0 aromatic rings. The number of rotatable bonds is 12. The predicted molar refractivity (Wildman–Crippen MR) is 90.6 cm³/mol. The summed E-state index contributed by atoms with van der Waals surface area (Å²) in [6.45, 7) is 6.33. The Balaban J connectivity index is 2.30. The van der Waals surface area contributed by atoms with E-state index in [-0.39, 0.29) is 5.79 Å². The molecule has 0 aromatic heterocycles. The smallest absolute Gasteiger partial charge is 0.168 e. The number of ether oxygens (including phenoxy) is 2. The van der Waals surface area contributed by atoms with Crippen molar-refractivity contribution in [3.05, 3.63) is 0 Å². The van der Waals surface area contributed by atoms with Gasteiger partial charge in [0.05, 0.1) is 13.2 Å². The molecule has 0 spiro atoms. The zero-order chi connectivity index (χ0) is 15.2. The Labute approximate surface area is 133 Å². The van der Waals surface area contributed by atoms with Crippen LogP contribution in [0.4, 0.5) is 0 Å². The molecule has 0 aliphatic carbocycles. The summed E-state index contributed by atoms with van der Waals surface area (Å²) in [7, 11) is 0. The normalized spacial score (nSPS) is 18.6. The van der Waals surface area contributed by atoms with Crippen molar-refractivity contribution in [3.8, 4) is 0 Å². The summed E-state index contributed by atoms with van der Waals surface area (Å²) >= 11 is 0. The molecule has 2 nitrogen and oxygen atoms in total. The second-order valence-corrected chi connectivity index (χ2v) is 6.64. The molecular formula is C19H38O2. The van der Waals surface area contributed by atoms with E-state index in [1.807, 2.05) is 0 Å². The van der Waals surface area contributed by atoms with Crippen LogP contribution in [-0.2, 0) is 9.47 Å². The van der Waals surface area contributed by atoms with E-state index in [4.69, 9.17) is 9.47 Å². The van der Waals surface area contributed by atoms with Gasteiger partial charge in [0.1, 0.15) is 0 Å². The van der Waals surface area contributed by atoms with Crippen molar-refractivity contribution in [2.75, 3.05) is 13.2 Å². The fraction of sp³-hybridized carbons (Fsp3) is 1.00. The van der Waals surface area contributed by atoms with Gasteiger partial charge in [-0.1, -0.05) is 65.2 Å². The first-order valence-electron chi connectivity index (χ1n) is 9.61. The van der Waals surface area contributed by atoms with Gasteiger partial charge in [0.2, 0.25) is 0 Å². The summed E-state index contributed by atoms with van der Waals surface area (Å²) in [5.74, 6) is -0.241. The molecule has 0 bridgehead atoms. The van der Waals surface area contributed by atoms with Crippen molar-refractivity contribution >= 4 is 0 Å². The summed E-state index contributed by atoms with van der Waals surface area (Å²) < 4.78 is 12.4. The fourth-order valence-electron chi connectivity index (χ4n) is 3.17. The molecule has 0 radical (unpaired) electrons. The van der Waals surface area contributed by atoms with Crippen molar-refractivity contribution in [1.82, 2.24) is 0 Å². The minimum atomic E-state index is -0.241. The largest absolute Gasteiger partial charge is 0.350 e. The maximum absolute atomic E-state index is 6.18. The number of unbranched alkanes of at least 4 members (excludes halogenated alkanes) is 8. The molecule has 1 rings (SSSR count). The third-order valence-corrected chi connectivity index (χ3v) is 4.59. The van der Waals surface area contributed by atoms with Gasteiger partial charge in [0.25, 0.3) is 0 Å². The Morgan fingerprint density at radius 1 is 0.619 bits per heavy atom. The number of hydrogen-bond acceptors (Lipinski definition) is 2. The Morgan fingerprint density at radius 2 is 1.05 bits per heavy atom. The second kappa shape index (κ2) is 12.5. The quantitative estimate of drug-likeness (QED) is 0.397. The van der Waals surface area contributed by atoms with E-state index in [1.54, 1.807) is 0 Å². The standard InChI is InChI=1S/C19H38O2/c1-3-5-7-9-11-15-19(16-12-10-8-6-4-2)20-17-13-14-18-21-19/h3-18H2,1-2H3. The maximum Gasteiger partial charge on any atom is 0.168 e. The molecule has 0 amide bonds. The first-order valence-corrected chi connectivity index (χ1v) is 9.61. The van der Waals surface area contributed by atoms with Crippen LogP contribution in [-0.4, -0.2) is 19.0 Å². The van der Waals surface area contributed by atoms with E-state index in [1.165, 1.54) is 64.2 Å². The van der Waals surface area contributed by atoms with E-state index in [0.29, 0.717) is 0 Å². The van der Waals surface area contributed by atoms with Crippen LogP contribution in [0.5, 0.6) is 0 Å². The molecule has 0 N–H and O–H groups in total. The van der Waals surface area contributed by atoms with Crippen LogP contribution in [0.25, 0.3) is 0 Å². The third kappa shape index (κ3) is 8.83. The highest BCUT2D eigenvalue weighted by Gasteiger charge is 2.32. The monoisotopic (exact) mass is 298 g/mol. The summed E-state index contributed by atoms with van der Waals surface area (Å²) in [6, 6.07) is 0. The second-order valence-electron chi connectivity index (χ2n) is 6.64. The number of hydrogen-bond donors (Lipinski definition) is 0. The molecule has 1 aliphatic rings. The van der Waals surface area contributed by atoms with Crippen molar-refractivity contribution in [1.29, 1.82) is 0 Å². The van der Waals surface area contributed by atoms with Crippen molar-refractivity contribution in [3.63, 3.8) is 0 Å². The lowest BCUT2D eigenvalue weighted by atomic mass is 9.99. The van der Waals surface area contributed by atoms with Gasteiger partial charge in [0, 0.05) is 12.8 Å². The molecule has 1 fully saturated rings. The van der Waals surface area contributed by atoms with Crippen molar-refractivity contribution in [2.45, 2.75) is 110 Å². The van der Waals surface area contributed by atoms with Gasteiger partial charge in [-0.25, -0.2) is 0 Å². The maximum atomic E-state index is 6.18. The van der Waals surface area contributed by atoms with Gasteiger partial charge in [-0.15, -0.1) is 0 Å². The highest BCUT2D eigenvalue weighted by atomic mass is 16.7. The minimum absolute atomic E-state index is 0.241. The highest BCUT2D eigenvalue weighted by Crippen LogP contribution is 2.31. The molecule has 0 atom stereocenters. The van der Waals surface area contributed by atoms with Crippen LogP contribution in [0.2, 0.25) is 0 Å². The van der Waals surface area contributed by atoms with Gasteiger partial charge in [-0.3, -0.25) is 0 Å². The van der Waals surface area contributed by atoms with E-state index >= 15 is 0 Å². The SMILES string of the molecule is CCCCCCCC1(CCCCCCC)OCCCCO1. The van der Waals surface area contributed by atoms with Gasteiger partial charge in [-0.2, -0.15) is 0 Å². The van der Waals surface area contributed by atoms with Crippen LogP contribution < -0.4 is 0 Å². The van der Waals surface area contributed by atoms with Gasteiger partial charge in [0.15, 0.2) is 5.79 Å². The molecule has 0 saturated carbocycles. The Morgan fingerprint density at radius 3 is 1.48 bits per heavy atom. The highest BCUT2D eigenvalue weighted by molar-refractivity contribution is 4.73. The van der Waals surface area contributed by atoms with Crippen LogP contribution in [0.15, 0.2) is 0 Å². The van der Waals surface area contributed by atoms with Crippen LogP contribution in [0.1, 0.15) is 104 Å². The van der Waals surface area contributed by atoms with E-state index in [2.05, 4.69) is 13.8 Å². The van der Waals surface area contributed by atoms with Crippen molar-refractivity contribution < 1.29 is 9.47 Å². The molecule has 1 saturated heterocycles. The van der Waals surface area contributed by atoms with Crippen LogP contribution >= 0.6 is 0 Å². The molecule has 21 heavy (non-hydrogen) atoms. The predicted octanol–water partition coefficient (Wildman–Crippen LogP) is 6.23. The van der Waals surface area contributed by atoms with Crippen LogP contribution in [0, 0.1) is 0 Å². The Kier molecular flexibility index (Phi) is 11.3. The molecule has 126 valence electrons. The zero-order valence-electron chi connectivity index (χ0n) is 14.6. The lowest BCUT2D eigenvalue weighted by molar-refractivity contribution is -0.234. The van der Waals surface area contributed by atoms with Gasteiger partial charge < -0.3 is 9.47 Å². The van der Waals surface area contributed by atoms with Crippen LogP contribution in [0.3, 0.4) is 0 Å². The lowest BCUT2D eigenvalue weighted by Crippen LogP contribution is -2.35. The topological polar surface area (TPSA) is 18.5 Å². The molecule has 1 aliphatic heterocycles.